The zero-order chi connectivity index (χ0) is 16.9. The van der Waals surface area contributed by atoms with Crippen LogP contribution in [0.25, 0.3) is 0 Å². The summed E-state index contributed by atoms with van der Waals surface area (Å²) in [6.45, 7) is 3.19. The first kappa shape index (κ1) is 16.2. The van der Waals surface area contributed by atoms with Crippen LogP contribution in [-0.2, 0) is 13.1 Å². The first-order valence-electron chi connectivity index (χ1n) is 7.93. The van der Waals surface area contributed by atoms with Crippen LogP contribution in [0.2, 0.25) is 0 Å². The van der Waals surface area contributed by atoms with Crippen LogP contribution in [0.5, 0.6) is 0 Å². The predicted octanol–water partition coefficient (Wildman–Crippen LogP) is 0.628. The van der Waals surface area contributed by atoms with Crippen molar-refractivity contribution in [1.29, 1.82) is 5.26 Å². The zero-order valence-electron chi connectivity index (χ0n) is 13.7. The molecule has 0 radical (unpaired) electrons. The molecule has 7 heteroatoms. The highest BCUT2D eigenvalue weighted by atomic mass is 15.3. The van der Waals surface area contributed by atoms with E-state index >= 15 is 0 Å². The van der Waals surface area contributed by atoms with Gasteiger partial charge in [-0.25, -0.2) is 4.98 Å². The minimum Gasteiger partial charge on any atom is -0.368 e. The first-order valence-corrected chi connectivity index (χ1v) is 7.93. The van der Waals surface area contributed by atoms with Crippen LogP contribution in [0.4, 0.5) is 11.8 Å². The van der Waals surface area contributed by atoms with E-state index in [0.29, 0.717) is 30.6 Å². The van der Waals surface area contributed by atoms with Crippen molar-refractivity contribution >= 4 is 11.8 Å². The molecule has 4 N–H and O–H groups in total. The van der Waals surface area contributed by atoms with E-state index in [1.807, 2.05) is 37.4 Å². The third-order valence-corrected chi connectivity index (χ3v) is 4.12. The lowest BCUT2D eigenvalue weighted by atomic mass is 10.1. The Morgan fingerprint density at radius 1 is 1.25 bits per heavy atom. The van der Waals surface area contributed by atoms with Gasteiger partial charge in [-0.05, 0) is 24.7 Å². The highest BCUT2D eigenvalue weighted by Gasteiger charge is 2.26. The summed E-state index contributed by atoms with van der Waals surface area (Å²) in [7, 11) is 1.97. The number of benzene rings is 1. The summed E-state index contributed by atoms with van der Waals surface area (Å²) in [6, 6.07) is 12.1. The van der Waals surface area contributed by atoms with Crippen LogP contribution in [0.1, 0.15) is 16.8 Å². The second-order valence-corrected chi connectivity index (χ2v) is 5.88. The maximum Gasteiger partial charge on any atom is 0.222 e. The molecule has 1 aromatic carbocycles. The van der Waals surface area contributed by atoms with Crippen molar-refractivity contribution in [3.63, 3.8) is 0 Å². The van der Waals surface area contributed by atoms with E-state index in [4.69, 9.17) is 11.0 Å². The number of likely N-dealkylation sites (N-methyl/N-ethyl adjacent to an activating group) is 1. The Bertz CT molecular complexity index is 730. The molecule has 2 heterocycles. The Hall–Kier alpha value is -2.69. The molecule has 0 amide bonds. The van der Waals surface area contributed by atoms with E-state index < -0.39 is 0 Å². The van der Waals surface area contributed by atoms with Gasteiger partial charge < -0.3 is 21.3 Å². The Kier molecular flexibility index (Phi) is 4.89. The van der Waals surface area contributed by atoms with Gasteiger partial charge in [-0.2, -0.15) is 10.2 Å². The van der Waals surface area contributed by atoms with E-state index in [-0.39, 0.29) is 0 Å². The average Bonchev–Trinajstić information content (AvgIpc) is 2.54. The van der Waals surface area contributed by atoms with Crippen LogP contribution < -0.4 is 21.3 Å². The molecule has 0 atom stereocenters. The Balaban J connectivity index is 1.57. The molecule has 0 aliphatic carbocycles. The molecule has 0 bridgehead atoms. The van der Waals surface area contributed by atoms with Crippen molar-refractivity contribution in [2.24, 2.45) is 0 Å². The molecule has 1 fully saturated rings. The van der Waals surface area contributed by atoms with Crippen molar-refractivity contribution in [3.8, 4) is 6.07 Å². The van der Waals surface area contributed by atoms with Crippen molar-refractivity contribution in [2.75, 3.05) is 30.8 Å². The summed E-state index contributed by atoms with van der Waals surface area (Å²) in [6.07, 6.45) is 0. The third kappa shape index (κ3) is 3.79. The molecule has 124 valence electrons. The van der Waals surface area contributed by atoms with Crippen LogP contribution >= 0.6 is 0 Å². The van der Waals surface area contributed by atoms with Gasteiger partial charge in [0.15, 0.2) is 0 Å². The van der Waals surface area contributed by atoms with Crippen LogP contribution in [0, 0.1) is 11.3 Å². The monoisotopic (exact) mass is 323 g/mol. The van der Waals surface area contributed by atoms with Gasteiger partial charge in [0.05, 0.1) is 17.3 Å². The molecule has 1 aliphatic heterocycles. The SMILES string of the molecule is CNC1CN(c2cc(CNCc3ccc(C#N)cc3)nc(N)n2)C1. The zero-order valence-corrected chi connectivity index (χ0v) is 13.7. The number of rotatable bonds is 6. The predicted molar refractivity (Wildman–Crippen MR) is 93.2 cm³/mol. The van der Waals surface area contributed by atoms with Gasteiger partial charge in [-0.15, -0.1) is 0 Å². The fraction of sp³-hybridized carbons (Fsp3) is 0.353. The molecule has 3 rings (SSSR count). The third-order valence-electron chi connectivity index (χ3n) is 4.12. The van der Waals surface area contributed by atoms with E-state index in [0.717, 1.165) is 30.2 Å². The van der Waals surface area contributed by atoms with Crippen LogP contribution in [-0.4, -0.2) is 36.1 Å². The fourth-order valence-corrected chi connectivity index (χ4v) is 2.64. The van der Waals surface area contributed by atoms with Crippen molar-refractivity contribution < 1.29 is 0 Å². The fourth-order valence-electron chi connectivity index (χ4n) is 2.64. The lowest BCUT2D eigenvalue weighted by molar-refractivity contribution is 0.447. The van der Waals surface area contributed by atoms with Crippen molar-refractivity contribution in [3.05, 3.63) is 47.2 Å². The molecule has 0 saturated carbocycles. The summed E-state index contributed by atoms with van der Waals surface area (Å²) in [5, 5.41) is 15.4. The smallest absolute Gasteiger partial charge is 0.222 e. The van der Waals surface area contributed by atoms with Crippen molar-refractivity contribution in [2.45, 2.75) is 19.1 Å². The Morgan fingerprint density at radius 2 is 2.00 bits per heavy atom. The van der Waals surface area contributed by atoms with Crippen molar-refractivity contribution in [1.82, 2.24) is 20.6 Å². The van der Waals surface area contributed by atoms with Crippen LogP contribution in [0.3, 0.4) is 0 Å². The van der Waals surface area contributed by atoms with Gasteiger partial charge in [0.25, 0.3) is 0 Å². The number of nitrogen functional groups attached to an aromatic ring is 1. The van der Waals surface area contributed by atoms with Gasteiger partial charge in [-0.1, -0.05) is 12.1 Å². The maximum atomic E-state index is 8.81. The molecule has 1 saturated heterocycles. The number of hydrogen-bond acceptors (Lipinski definition) is 7. The lowest BCUT2D eigenvalue weighted by Crippen LogP contribution is -2.57. The minimum atomic E-state index is 0.301. The average molecular weight is 323 g/mol. The largest absolute Gasteiger partial charge is 0.368 e. The lowest BCUT2D eigenvalue weighted by Gasteiger charge is -2.40. The summed E-state index contributed by atoms with van der Waals surface area (Å²) >= 11 is 0. The number of hydrogen-bond donors (Lipinski definition) is 3. The number of nitrogens with one attached hydrogen (secondary N) is 2. The molecule has 7 nitrogen and oxygen atoms in total. The van der Waals surface area contributed by atoms with Gasteiger partial charge in [0.1, 0.15) is 5.82 Å². The first-order chi connectivity index (χ1) is 11.7. The molecule has 0 spiro atoms. The molecule has 24 heavy (non-hydrogen) atoms. The van der Waals surface area contributed by atoms with E-state index in [1.54, 1.807) is 0 Å². The maximum absolute atomic E-state index is 8.81. The van der Waals surface area contributed by atoms with E-state index in [9.17, 15) is 0 Å². The summed E-state index contributed by atoms with van der Waals surface area (Å²) < 4.78 is 0. The van der Waals surface area contributed by atoms with E-state index in [2.05, 4.69) is 31.6 Å². The summed E-state index contributed by atoms with van der Waals surface area (Å²) in [5.74, 6) is 1.18. The Morgan fingerprint density at radius 3 is 2.67 bits per heavy atom. The number of nitrogens with zero attached hydrogens (tertiary/aromatic N) is 4. The minimum absolute atomic E-state index is 0.301. The standard InChI is InChI=1S/C17H21N7/c1-20-15-10-24(11-15)16-6-14(22-17(19)23-16)9-21-8-13-4-2-12(7-18)3-5-13/h2-6,15,20-21H,8-11H2,1H3,(H2,19,22,23). The number of aromatic nitrogens is 2. The Labute approximate surface area is 141 Å². The second-order valence-electron chi connectivity index (χ2n) is 5.88. The number of nitrogens with two attached hydrogens (primary N) is 1. The summed E-state index contributed by atoms with van der Waals surface area (Å²) in [4.78, 5) is 10.8. The van der Waals surface area contributed by atoms with Gasteiger partial charge >= 0.3 is 0 Å². The van der Waals surface area contributed by atoms with E-state index in [1.165, 1.54) is 0 Å². The highest BCUT2D eigenvalue weighted by Crippen LogP contribution is 2.20. The topological polar surface area (TPSA) is 103 Å². The molecular formula is C17H21N7. The molecule has 0 unspecified atom stereocenters. The number of anilines is 2. The van der Waals surface area contributed by atoms with Gasteiger partial charge in [0, 0.05) is 38.3 Å². The van der Waals surface area contributed by atoms with Crippen LogP contribution in [0.15, 0.2) is 30.3 Å². The molecule has 2 aromatic rings. The highest BCUT2D eigenvalue weighted by molar-refractivity contribution is 5.46. The molecule has 1 aliphatic rings. The second kappa shape index (κ2) is 7.25. The quantitative estimate of drug-likeness (QED) is 0.716. The molecular weight excluding hydrogens is 302 g/mol. The number of nitriles is 1. The van der Waals surface area contributed by atoms with Gasteiger partial charge in [0.2, 0.25) is 5.95 Å². The molecule has 1 aromatic heterocycles. The summed E-state index contributed by atoms with van der Waals surface area (Å²) in [5.41, 5.74) is 8.50. The van der Waals surface area contributed by atoms with Gasteiger partial charge in [-0.3, -0.25) is 0 Å². The normalized spacial score (nSPS) is 14.2.